The molecule has 0 spiro atoms. The van der Waals surface area contributed by atoms with E-state index in [4.69, 9.17) is 4.52 Å². The molecule has 8 nitrogen and oxygen atoms in total. The highest BCUT2D eigenvalue weighted by Gasteiger charge is 2.37. The van der Waals surface area contributed by atoms with Crippen LogP contribution in [-0.2, 0) is 0 Å². The van der Waals surface area contributed by atoms with Gasteiger partial charge in [0.2, 0.25) is 5.82 Å². The van der Waals surface area contributed by atoms with E-state index in [0.717, 1.165) is 27.7 Å². The van der Waals surface area contributed by atoms with Gasteiger partial charge in [-0.1, -0.05) is 17.3 Å². The van der Waals surface area contributed by atoms with Gasteiger partial charge in [0.25, 0.3) is 17.7 Å². The molecule has 6 rings (SSSR count). The Balaban J connectivity index is 1.36. The molecule has 3 heterocycles. The fourth-order valence-electron chi connectivity index (χ4n) is 4.08. The Bertz CT molecular complexity index is 1600. The standard InChI is InChI=1S/C25H17N5O3/c1-13-3-4-14(2)21(9-13)30-24(31)17-7-5-16(10-18(17)25(30)32)23-28-22(29-33-23)15-6-8-19-20(11-15)27-12-26-19/h3-12H,1-2H3,(H,26,27). The molecule has 0 saturated carbocycles. The summed E-state index contributed by atoms with van der Waals surface area (Å²) in [7, 11) is 0. The number of carbonyl (C=O) groups is 2. The Morgan fingerprint density at radius 1 is 0.879 bits per heavy atom. The Hall–Kier alpha value is -4.59. The summed E-state index contributed by atoms with van der Waals surface area (Å²) in [5.74, 6) is -0.0294. The number of H-pyrrole nitrogens is 1. The molecule has 0 radical (unpaired) electrons. The molecular weight excluding hydrogens is 418 g/mol. The predicted octanol–water partition coefficient (Wildman–Crippen LogP) is 4.70. The van der Waals surface area contributed by atoms with E-state index in [1.54, 1.807) is 24.5 Å². The number of carbonyl (C=O) groups excluding carboxylic acids is 2. The van der Waals surface area contributed by atoms with Crippen molar-refractivity contribution < 1.29 is 14.1 Å². The zero-order valence-corrected chi connectivity index (χ0v) is 17.8. The quantitative estimate of drug-likeness (QED) is 0.412. The van der Waals surface area contributed by atoms with Crippen LogP contribution in [0.1, 0.15) is 31.8 Å². The molecule has 1 N–H and O–H groups in total. The topological polar surface area (TPSA) is 105 Å². The van der Waals surface area contributed by atoms with Crippen LogP contribution in [0.5, 0.6) is 0 Å². The van der Waals surface area contributed by atoms with Gasteiger partial charge in [0.05, 0.1) is 34.2 Å². The van der Waals surface area contributed by atoms with Crippen molar-refractivity contribution in [2.75, 3.05) is 4.90 Å². The molecule has 0 saturated heterocycles. The number of anilines is 1. The number of aryl methyl sites for hydroxylation is 2. The zero-order chi connectivity index (χ0) is 22.7. The fourth-order valence-corrected chi connectivity index (χ4v) is 4.08. The minimum Gasteiger partial charge on any atom is -0.345 e. The van der Waals surface area contributed by atoms with Crippen molar-refractivity contribution in [2.24, 2.45) is 0 Å². The Labute approximate surface area is 187 Å². The monoisotopic (exact) mass is 435 g/mol. The largest absolute Gasteiger partial charge is 0.345 e. The van der Waals surface area contributed by atoms with Crippen LogP contribution < -0.4 is 4.90 Å². The number of rotatable bonds is 3. The molecule has 5 aromatic rings. The lowest BCUT2D eigenvalue weighted by molar-refractivity contribution is 0.0926. The highest BCUT2D eigenvalue weighted by Crippen LogP contribution is 2.34. The first kappa shape index (κ1) is 19.1. The second-order valence-electron chi connectivity index (χ2n) is 8.05. The number of fused-ring (bicyclic) bond motifs is 2. The SMILES string of the molecule is Cc1ccc(C)c(N2C(=O)c3ccc(-c4nc(-c5ccc6[nH]cnc6c5)no4)cc3C2=O)c1. The van der Waals surface area contributed by atoms with Gasteiger partial charge in [-0.2, -0.15) is 4.98 Å². The van der Waals surface area contributed by atoms with E-state index < -0.39 is 0 Å². The summed E-state index contributed by atoms with van der Waals surface area (Å²) in [6.07, 6.45) is 1.63. The number of hydrogen-bond donors (Lipinski definition) is 1. The summed E-state index contributed by atoms with van der Waals surface area (Å²) < 4.78 is 5.47. The third kappa shape index (κ3) is 2.95. The average molecular weight is 435 g/mol. The number of aromatic amines is 1. The van der Waals surface area contributed by atoms with Gasteiger partial charge >= 0.3 is 0 Å². The molecule has 1 aliphatic heterocycles. The van der Waals surface area contributed by atoms with Crippen LogP contribution in [0.2, 0.25) is 0 Å². The minimum absolute atomic E-state index is 0.264. The molecule has 160 valence electrons. The van der Waals surface area contributed by atoms with Gasteiger partial charge in [-0.05, 0) is 67.4 Å². The highest BCUT2D eigenvalue weighted by molar-refractivity contribution is 6.34. The fraction of sp³-hybridized carbons (Fsp3) is 0.0800. The first-order valence-electron chi connectivity index (χ1n) is 10.4. The van der Waals surface area contributed by atoms with Gasteiger partial charge < -0.3 is 9.51 Å². The van der Waals surface area contributed by atoms with Crippen LogP contribution in [-0.4, -0.2) is 31.9 Å². The molecular formula is C25H17N5O3. The first-order chi connectivity index (χ1) is 16.0. The Morgan fingerprint density at radius 3 is 2.58 bits per heavy atom. The summed E-state index contributed by atoms with van der Waals surface area (Å²) in [5, 5.41) is 4.08. The van der Waals surface area contributed by atoms with E-state index >= 15 is 0 Å². The lowest BCUT2D eigenvalue weighted by atomic mass is 10.1. The van der Waals surface area contributed by atoms with Crippen LogP contribution in [0.4, 0.5) is 5.69 Å². The number of imidazole rings is 1. The van der Waals surface area contributed by atoms with E-state index in [0.29, 0.717) is 28.2 Å². The van der Waals surface area contributed by atoms with E-state index in [2.05, 4.69) is 20.1 Å². The molecule has 0 atom stereocenters. The lowest BCUT2D eigenvalue weighted by Gasteiger charge is -2.17. The third-order valence-corrected chi connectivity index (χ3v) is 5.84. The number of nitrogens with zero attached hydrogens (tertiary/aromatic N) is 4. The maximum Gasteiger partial charge on any atom is 0.266 e. The van der Waals surface area contributed by atoms with Crippen LogP contribution in [0, 0.1) is 13.8 Å². The highest BCUT2D eigenvalue weighted by atomic mass is 16.5. The number of aromatic nitrogens is 4. The number of imide groups is 1. The summed E-state index contributed by atoms with van der Waals surface area (Å²) in [4.78, 5) is 39.3. The maximum atomic E-state index is 13.2. The summed E-state index contributed by atoms with van der Waals surface area (Å²) in [6, 6.07) is 16.3. The summed E-state index contributed by atoms with van der Waals surface area (Å²) >= 11 is 0. The molecule has 0 fully saturated rings. The summed E-state index contributed by atoms with van der Waals surface area (Å²) in [6.45, 7) is 3.81. The average Bonchev–Trinajstić information content (AvgIpc) is 3.54. The van der Waals surface area contributed by atoms with E-state index in [1.165, 1.54) is 4.90 Å². The molecule has 0 aliphatic carbocycles. The van der Waals surface area contributed by atoms with Crippen molar-refractivity contribution in [1.29, 1.82) is 0 Å². The first-order valence-corrected chi connectivity index (χ1v) is 10.4. The van der Waals surface area contributed by atoms with Crippen LogP contribution >= 0.6 is 0 Å². The Morgan fingerprint density at radius 2 is 1.70 bits per heavy atom. The van der Waals surface area contributed by atoms with Gasteiger partial charge in [0, 0.05) is 11.1 Å². The van der Waals surface area contributed by atoms with E-state index in [1.807, 2.05) is 50.2 Å². The van der Waals surface area contributed by atoms with Crippen LogP contribution in [0.15, 0.2) is 65.4 Å². The number of amides is 2. The predicted molar refractivity (Wildman–Crippen MR) is 122 cm³/mol. The molecule has 0 unspecified atom stereocenters. The molecule has 1 aliphatic rings. The molecule has 2 amide bonds. The second kappa shape index (κ2) is 6.96. The maximum absolute atomic E-state index is 13.2. The van der Waals surface area contributed by atoms with Gasteiger partial charge in [-0.3, -0.25) is 9.59 Å². The number of benzene rings is 3. The molecule has 8 heteroatoms. The summed E-state index contributed by atoms with van der Waals surface area (Å²) in [5.41, 5.74) is 6.13. The van der Waals surface area contributed by atoms with E-state index in [-0.39, 0.29) is 17.7 Å². The van der Waals surface area contributed by atoms with Crippen molar-refractivity contribution in [3.05, 3.63) is 83.2 Å². The second-order valence-corrected chi connectivity index (χ2v) is 8.05. The number of nitrogens with one attached hydrogen (secondary N) is 1. The molecule has 3 aromatic carbocycles. The van der Waals surface area contributed by atoms with E-state index in [9.17, 15) is 9.59 Å². The Kier molecular flexibility index (Phi) is 4.03. The van der Waals surface area contributed by atoms with Crippen molar-refractivity contribution >= 4 is 28.5 Å². The van der Waals surface area contributed by atoms with Crippen LogP contribution in [0.25, 0.3) is 33.9 Å². The molecule has 33 heavy (non-hydrogen) atoms. The van der Waals surface area contributed by atoms with Gasteiger partial charge in [-0.15, -0.1) is 0 Å². The van der Waals surface area contributed by atoms with Crippen molar-refractivity contribution in [3.8, 4) is 22.8 Å². The van der Waals surface area contributed by atoms with Crippen molar-refractivity contribution in [2.45, 2.75) is 13.8 Å². The van der Waals surface area contributed by atoms with Crippen molar-refractivity contribution in [1.82, 2.24) is 20.1 Å². The van der Waals surface area contributed by atoms with Gasteiger partial charge in [-0.25, -0.2) is 9.88 Å². The molecule has 0 bridgehead atoms. The van der Waals surface area contributed by atoms with Crippen molar-refractivity contribution in [3.63, 3.8) is 0 Å². The van der Waals surface area contributed by atoms with Gasteiger partial charge in [0.1, 0.15) is 0 Å². The molecule has 2 aromatic heterocycles. The smallest absolute Gasteiger partial charge is 0.266 e. The lowest BCUT2D eigenvalue weighted by Crippen LogP contribution is -2.30. The van der Waals surface area contributed by atoms with Crippen LogP contribution in [0.3, 0.4) is 0 Å². The zero-order valence-electron chi connectivity index (χ0n) is 17.8. The normalized spacial score (nSPS) is 13.2. The minimum atomic E-state index is -0.366. The van der Waals surface area contributed by atoms with Gasteiger partial charge in [0.15, 0.2) is 0 Å². The third-order valence-electron chi connectivity index (χ3n) is 5.84. The number of hydrogen-bond acceptors (Lipinski definition) is 6.